The van der Waals surface area contributed by atoms with Gasteiger partial charge in [0, 0.05) is 5.56 Å². The van der Waals surface area contributed by atoms with Crippen molar-refractivity contribution in [2.24, 2.45) is 0 Å². The van der Waals surface area contributed by atoms with Gasteiger partial charge in [-0.1, -0.05) is 27.5 Å². The first kappa shape index (κ1) is 14.3. The minimum Gasteiger partial charge on any atom is -0.496 e. The van der Waals surface area contributed by atoms with Gasteiger partial charge in [-0.15, -0.1) is 0 Å². The van der Waals surface area contributed by atoms with E-state index in [1.54, 1.807) is 0 Å². The van der Waals surface area contributed by atoms with Crippen LogP contribution in [0.3, 0.4) is 0 Å². The Labute approximate surface area is 109 Å². The molecule has 0 fully saturated rings. The Balaban J connectivity index is 3.49. The van der Waals surface area contributed by atoms with E-state index in [1.165, 1.54) is 6.07 Å². The molecule has 94 valence electrons. The summed E-state index contributed by atoms with van der Waals surface area (Å²) >= 11 is 8.48. The van der Waals surface area contributed by atoms with E-state index >= 15 is 0 Å². The van der Waals surface area contributed by atoms with Crippen molar-refractivity contribution in [2.45, 2.75) is 6.18 Å². The second kappa shape index (κ2) is 5.27. The molecule has 0 aliphatic heterocycles. The molecule has 0 N–H and O–H groups in total. The summed E-state index contributed by atoms with van der Waals surface area (Å²) in [5.41, 5.74) is -1.31. The summed E-state index contributed by atoms with van der Waals surface area (Å²) in [6.45, 7) is 0. The first-order valence-corrected chi connectivity index (χ1v) is 5.85. The van der Waals surface area contributed by atoms with Crippen LogP contribution in [0.4, 0.5) is 13.2 Å². The summed E-state index contributed by atoms with van der Waals surface area (Å²) in [6, 6.07) is 2.28. The van der Waals surface area contributed by atoms with Gasteiger partial charge in [0.15, 0.2) is 5.78 Å². The van der Waals surface area contributed by atoms with E-state index < -0.39 is 28.3 Å². The molecule has 0 saturated carbocycles. The Morgan fingerprint density at radius 3 is 2.47 bits per heavy atom. The van der Waals surface area contributed by atoms with E-state index in [4.69, 9.17) is 11.6 Å². The number of carbonyl (C=O) groups excluding carboxylic acids is 1. The zero-order valence-corrected chi connectivity index (χ0v) is 10.9. The van der Waals surface area contributed by atoms with Crippen LogP contribution < -0.4 is 4.74 Å². The zero-order chi connectivity index (χ0) is 13.2. The number of hydrogen-bond acceptors (Lipinski definition) is 2. The Hall–Kier alpha value is -0.750. The van der Waals surface area contributed by atoms with Crippen molar-refractivity contribution in [1.82, 2.24) is 0 Å². The number of alkyl halides is 4. The van der Waals surface area contributed by atoms with Crippen molar-refractivity contribution in [1.29, 1.82) is 0 Å². The third-order valence-corrected chi connectivity index (χ3v) is 2.93. The lowest BCUT2D eigenvalue weighted by atomic mass is 10.1. The van der Waals surface area contributed by atoms with Crippen LogP contribution in [0.1, 0.15) is 15.9 Å². The molecule has 0 aliphatic carbocycles. The predicted octanol–water partition coefficient (Wildman–Crippen LogP) is 3.95. The number of ether oxygens (including phenoxy) is 1. The van der Waals surface area contributed by atoms with Crippen molar-refractivity contribution in [2.75, 3.05) is 12.4 Å². The van der Waals surface area contributed by atoms with Crippen LogP contribution in [-0.4, -0.2) is 18.2 Å². The lowest BCUT2D eigenvalue weighted by molar-refractivity contribution is -0.138. The third kappa shape index (κ3) is 2.93. The van der Waals surface area contributed by atoms with Gasteiger partial charge in [0.1, 0.15) is 11.3 Å². The molecule has 17 heavy (non-hydrogen) atoms. The molecule has 0 bridgehead atoms. The minimum atomic E-state index is -4.68. The van der Waals surface area contributed by atoms with Gasteiger partial charge in [0.05, 0.1) is 17.5 Å². The van der Waals surface area contributed by atoms with E-state index in [-0.39, 0.29) is 10.9 Å². The average Bonchev–Trinajstić information content (AvgIpc) is 2.25. The number of hydrogen-bond donors (Lipinski definition) is 0. The minimum absolute atomic E-state index is 0.101. The molecule has 0 heterocycles. The number of rotatable bonds is 3. The van der Waals surface area contributed by atoms with E-state index in [1.807, 2.05) is 0 Å². The average molecular weight is 332 g/mol. The number of Topliss-reactive ketones (excluding diaryl/α,β-unsaturated/α-hetero) is 1. The molecule has 1 aromatic rings. The van der Waals surface area contributed by atoms with Crippen LogP contribution in [0.25, 0.3) is 0 Å². The van der Waals surface area contributed by atoms with Crippen molar-refractivity contribution in [3.05, 3.63) is 28.3 Å². The van der Waals surface area contributed by atoms with Gasteiger partial charge < -0.3 is 4.74 Å². The van der Waals surface area contributed by atoms with Gasteiger partial charge in [0.25, 0.3) is 0 Å². The summed E-state index contributed by atoms with van der Waals surface area (Å²) in [4.78, 5) is 11.4. The molecule has 7 heteroatoms. The van der Waals surface area contributed by atoms with Crippen LogP contribution in [0.5, 0.6) is 5.75 Å². The largest absolute Gasteiger partial charge is 0.496 e. The molecule has 0 radical (unpaired) electrons. The molecule has 1 aromatic carbocycles. The molecule has 0 atom stereocenters. The van der Waals surface area contributed by atoms with Crippen molar-refractivity contribution in [3.8, 4) is 5.75 Å². The standard InChI is InChI=1S/C10H7BrClF3O2/c1-17-7-3-2-5(6(16)4-11)9(12)8(7)10(13,14)15/h2-3H,4H2,1H3. The molecule has 0 amide bonds. The third-order valence-electron chi connectivity index (χ3n) is 2.03. The smallest absolute Gasteiger partial charge is 0.421 e. The van der Waals surface area contributed by atoms with E-state index in [0.717, 1.165) is 13.2 Å². The first-order valence-electron chi connectivity index (χ1n) is 4.35. The lowest BCUT2D eigenvalue weighted by Crippen LogP contribution is -2.12. The maximum atomic E-state index is 12.8. The van der Waals surface area contributed by atoms with Crippen LogP contribution in [0.15, 0.2) is 12.1 Å². The molecule has 0 aromatic heterocycles. The monoisotopic (exact) mass is 330 g/mol. The van der Waals surface area contributed by atoms with Crippen molar-refractivity contribution >= 4 is 33.3 Å². The Bertz CT molecular complexity index is 446. The van der Waals surface area contributed by atoms with Gasteiger partial charge >= 0.3 is 6.18 Å². The summed E-state index contributed by atoms with van der Waals surface area (Å²) < 4.78 is 42.9. The van der Waals surface area contributed by atoms with E-state index in [9.17, 15) is 18.0 Å². The fourth-order valence-corrected chi connectivity index (χ4v) is 1.95. The number of methoxy groups -OCH3 is 1. The fourth-order valence-electron chi connectivity index (χ4n) is 1.28. The van der Waals surface area contributed by atoms with Crippen molar-refractivity contribution in [3.63, 3.8) is 0 Å². The normalized spacial score (nSPS) is 11.4. The molecule has 0 saturated heterocycles. The van der Waals surface area contributed by atoms with Crippen LogP contribution in [0, 0.1) is 0 Å². The number of halogens is 5. The highest BCUT2D eigenvalue weighted by molar-refractivity contribution is 9.09. The molecule has 1 rings (SSSR count). The van der Waals surface area contributed by atoms with Gasteiger partial charge in [-0.25, -0.2) is 0 Å². The van der Waals surface area contributed by atoms with E-state index in [0.29, 0.717) is 0 Å². The van der Waals surface area contributed by atoms with Crippen LogP contribution in [0.2, 0.25) is 5.02 Å². The predicted molar refractivity (Wildman–Crippen MR) is 61.1 cm³/mol. The number of benzene rings is 1. The summed E-state index contributed by atoms with van der Waals surface area (Å²) in [5.74, 6) is -0.934. The fraction of sp³-hybridized carbons (Fsp3) is 0.300. The van der Waals surface area contributed by atoms with Crippen LogP contribution in [-0.2, 0) is 6.18 Å². The zero-order valence-electron chi connectivity index (χ0n) is 8.57. The van der Waals surface area contributed by atoms with Gasteiger partial charge in [0.2, 0.25) is 0 Å². The van der Waals surface area contributed by atoms with Gasteiger partial charge in [-0.05, 0) is 12.1 Å². The van der Waals surface area contributed by atoms with Crippen LogP contribution >= 0.6 is 27.5 Å². The highest BCUT2D eigenvalue weighted by Gasteiger charge is 2.38. The molecular weight excluding hydrogens is 324 g/mol. The number of ketones is 1. The molecule has 0 aliphatic rings. The first-order chi connectivity index (χ1) is 7.82. The second-order valence-corrected chi connectivity index (χ2v) is 4.00. The molecule has 0 unspecified atom stereocenters. The Morgan fingerprint density at radius 2 is 2.06 bits per heavy atom. The lowest BCUT2D eigenvalue weighted by Gasteiger charge is -2.15. The second-order valence-electron chi connectivity index (χ2n) is 3.06. The van der Waals surface area contributed by atoms with Crippen molar-refractivity contribution < 1.29 is 22.7 Å². The molecule has 2 nitrogen and oxygen atoms in total. The summed E-state index contributed by atoms with van der Waals surface area (Å²) in [6.07, 6.45) is -4.68. The maximum Gasteiger partial charge on any atom is 0.421 e. The van der Waals surface area contributed by atoms with E-state index in [2.05, 4.69) is 20.7 Å². The maximum absolute atomic E-state index is 12.8. The quantitative estimate of drug-likeness (QED) is 0.619. The van der Waals surface area contributed by atoms with Gasteiger partial charge in [-0.3, -0.25) is 4.79 Å². The number of carbonyl (C=O) groups is 1. The highest BCUT2D eigenvalue weighted by atomic mass is 79.9. The molecular formula is C10H7BrClF3O2. The Morgan fingerprint density at radius 1 is 1.47 bits per heavy atom. The molecule has 0 spiro atoms. The summed E-state index contributed by atoms with van der Waals surface area (Å²) in [5, 5.41) is -0.739. The summed E-state index contributed by atoms with van der Waals surface area (Å²) in [7, 11) is 1.10. The Kier molecular flexibility index (Phi) is 4.43. The van der Waals surface area contributed by atoms with Gasteiger partial charge in [-0.2, -0.15) is 13.2 Å². The SMILES string of the molecule is COc1ccc(C(=O)CBr)c(Cl)c1C(F)(F)F. The topological polar surface area (TPSA) is 26.3 Å². The highest BCUT2D eigenvalue weighted by Crippen LogP contribution is 2.42.